The summed E-state index contributed by atoms with van der Waals surface area (Å²) >= 11 is 0. The first-order valence-corrected chi connectivity index (χ1v) is 9.99. The number of nitrogens with zero attached hydrogens (tertiary/aromatic N) is 5. The molecule has 0 aliphatic heterocycles. The van der Waals surface area contributed by atoms with Crippen molar-refractivity contribution in [1.82, 2.24) is 30.0 Å². The third kappa shape index (κ3) is 5.38. The second-order valence-corrected chi connectivity index (χ2v) is 7.19. The monoisotopic (exact) mass is 442 g/mol. The lowest BCUT2D eigenvalue weighted by Crippen LogP contribution is -2.23. The Kier molecular flexibility index (Phi) is 7.37. The third-order valence-corrected chi connectivity index (χ3v) is 4.89. The largest absolute Gasteiger partial charge is 0.339 e. The molecule has 4 rings (SSSR count). The summed E-state index contributed by atoms with van der Waals surface area (Å²) in [5.74, 6) is -1.77. The van der Waals surface area contributed by atoms with Gasteiger partial charge in [-0.2, -0.15) is 4.98 Å². The molecule has 0 aliphatic rings. The molecule has 0 fully saturated rings. The minimum absolute atomic E-state index is 0.165. The van der Waals surface area contributed by atoms with Crippen LogP contribution in [0.25, 0.3) is 28.2 Å². The summed E-state index contributed by atoms with van der Waals surface area (Å²) in [7, 11) is 1.67. The molecule has 8 nitrogen and oxygen atoms in total. The predicted octanol–water partition coefficient (Wildman–Crippen LogP) is 3.77. The zero-order valence-electron chi connectivity index (χ0n) is 17.9. The van der Waals surface area contributed by atoms with Crippen LogP contribution in [0.15, 0.2) is 47.4 Å². The highest BCUT2D eigenvalue weighted by Gasteiger charge is 2.27. The van der Waals surface area contributed by atoms with E-state index in [-0.39, 0.29) is 19.3 Å². The number of alkyl halides is 2. The minimum Gasteiger partial charge on any atom is -0.339 e. The van der Waals surface area contributed by atoms with Crippen LogP contribution in [0.5, 0.6) is 0 Å². The van der Waals surface area contributed by atoms with Gasteiger partial charge >= 0.3 is 0 Å². The maximum Gasteiger partial charge on any atom is 0.249 e. The summed E-state index contributed by atoms with van der Waals surface area (Å²) in [4.78, 5) is 21.1. The lowest BCUT2D eigenvalue weighted by atomic mass is 10.0. The Morgan fingerprint density at radius 2 is 1.97 bits per heavy atom. The highest BCUT2D eigenvalue weighted by atomic mass is 19.3. The van der Waals surface area contributed by atoms with Crippen molar-refractivity contribution in [3.63, 3.8) is 0 Å². The Labute approximate surface area is 183 Å². The van der Waals surface area contributed by atoms with E-state index in [2.05, 4.69) is 25.4 Å². The van der Waals surface area contributed by atoms with Crippen molar-refractivity contribution in [2.24, 2.45) is 0 Å². The maximum atomic E-state index is 13.9. The van der Waals surface area contributed by atoms with E-state index in [0.29, 0.717) is 24.0 Å². The third-order valence-electron chi connectivity index (χ3n) is 4.89. The topological polar surface area (TPSA) is 98.7 Å². The van der Waals surface area contributed by atoms with Gasteiger partial charge in [-0.25, -0.2) is 13.8 Å². The molecule has 0 saturated carbocycles. The molecule has 4 aromatic rings. The zero-order valence-corrected chi connectivity index (χ0v) is 17.9. The second-order valence-electron chi connectivity index (χ2n) is 7.19. The number of nitrogens with one attached hydrogen (secondary N) is 1. The van der Waals surface area contributed by atoms with Crippen molar-refractivity contribution in [1.29, 1.82) is 0 Å². The van der Waals surface area contributed by atoms with E-state index in [4.69, 9.17) is 9.32 Å². The van der Waals surface area contributed by atoms with Crippen LogP contribution in [-0.2, 0) is 11.2 Å². The number of hydrogen-bond donors (Lipinski definition) is 1. The first-order chi connectivity index (χ1) is 15.4. The highest BCUT2D eigenvalue weighted by Crippen LogP contribution is 2.26. The fourth-order valence-corrected chi connectivity index (χ4v) is 3.24. The molecule has 0 atom stereocenters. The Bertz CT molecular complexity index is 1160. The van der Waals surface area contributed by atoms with Crippen molar-refractivity contribution in [2.45, 2.75) is 32.1 Å². The number of aryl methyl sites for hydroxylation is 2. The standard InChI is InChI=1S/C21H22F2N6O.CH2O/c1-14-27-19(28-30-14)18-4-3-17(13-25-18)29-10-6-16-11-15(12-26-20(16)29)5-7-21(22,23)8-9-24-2;1-2/h3-4,6,10-13,24H,5,7-9H2,1-2H3;1H2. The van der Waals surface area contributed by atoms with Crippen molar-refractivity contribution < 1.29 is 18.1 Å². The van der Waals surface area contributed by atoms with Gasteiger partial charge in [0.05, 0.1) is 11.9 Å². The van der Waals surface area contributed by atoms with Crippen LogP contribution in [0.2, 0.25) is 0 Å². The second kappa shape index (κ2) is 10.2. The van der Waals surface area contributed by atoms with Gasteiger partial charge in [0.1, 0.15) is 18.1 Å². The first-order valence-electron chi connectivity index (χ1n) is 9.99. The van der Waals surface area contributed by atoms with Crippen LogP contribution in [0.1, 0.15) is 24.3 Å². The van der Waals surface area contributed by atoms with Gasteiger partial charge in [-0.15, -0.1) is 0 Å². The van der Waals surface area contributed by atoms with E-state index in [1.807, 2.05) is 41.8 Å². The fraction of sp³-hybridized carbons (Fsp3) is 0.318. The van der Waals surface area contributed by atoms with Gasteiger partial charge < -0.3 is 14.6 Å². The summed E-state index contributed by atoms with van der Waals surface area (Å²) in [5.41, 5.74) is 2.98. The van der Waals surface area contributed by atoms with Gasteiger partial charge in [-0.3, -0.25) is 9.55 Å². The van der Waals surface area contributed by atoms with Gasteiger partial charge in [-0.05, 0) is 43.3 Å². The number of pyridine rings is 2. The number of rotatable bonds is 8. The van der Waals surface area contributed by atoms with Crippen LogP contribution in [0, 0.1) is 6.92 Å². The molecule has 1 N–H and O–H groups in total. The van der Waals surface area contributed by atoms with E-state index in [1.54, 1.807) is 26.4 Å². The van der Waals surface area contributed by atoms with Crippen LogP contribution in [0.3, 0.4) is 0 Å². The first kappa shape index (κ1) is 23.1. The number of hydrogen-bond acceptors (Lipinski definition) is 7. The summed E-state index contributed by atoms with van der Waals surface area (Å²) < 4.78 is 34.7. The van der Waals surface area contributed by atoms with E-state index in [1.165, 1.54) is 0 Å². The van der Waals surface area contributed by atoms with Gasteiger partial charge in [0, 0.05) is 44.1 Å². The molecular formula is C22H24F2N6O2. The average Bonchev–Trinajstić information content (AvgIpc) is 3.44. The predicted molar refractivity (Wildman–Crippen MR) is 116 cm³/mol. The van der Waals surface area contributed by atoms with Gasteiger partial charge in [0.2, 0.25) is 17.6 Å². The molecule has 0 aromatic carbocycles. The van der Waals surface area contributed by atoms with Crippen LogP contribution in [0.4, 0.5) is 8.78 Å². The lowest BCUT2D eigenvalue weighted by molar-refractivity contribution is -0.0980. The highest BCUT2D eigenvalue weighted by molar-refractivity contribution is 5.78. The normalized spacial score (nSPS) is 11.4. The number of halogens is 2. The number of fused-ring (bicyclic) bond motifs is 1. The van der Waals surface area contributed by atoms with Crippen LogP contribution >= 0.6 is 0 Å². The van der Waals surface area contributed by atoms with Gasteiger partial charge in [0.25, 0.3) is 0 Å². The lowest BCUT2D eigenvalue weighted by Gasteiger charge is -2.15. The Morgan fingerprint density at radius 1 is 1.16 bits per heavy atom. The molecule has 0 amide bonds. The molecule has 0 bridgehead atoms. The molecule has 32 heavy (non-hydrogen) atoms. The SMILES string of the molecule is C=O.CNCCC(F)(F)CCc1cnc2c(ccn2-c2ccc(-c3noc(C)n3)nc2)c1. The fourth-order valence-electron chi connectivity index (χ4n) is 3.24. The minimum atomic E-state index is -2.69. The molecule has 4 heterocycles. The Balaban J connectivity index is 0.00000141. The molecule has 168 valence electrons. The summed E-state index contributed by atoms with van der Waals surface area (Å²) in [5, 5.41) is 7.52. The Morgan fingerprint density at radius 3 is 2.62 bits per heavy atom. The molecule has 4 aromatic heterocycles. The van der Waals surface area contributed by atoms with E-state index >= 15 is 0 Å². The molecule has 0 spiro atoms. The van der Waals surface area contributed by atoms with Crippen molar-refractivity contribution in [3.8, 4) is 17.2 Å². The summed E-state index contributed by atoms with van der Waals surface area (Å²) in [6.07, 6.45) is 5.18. The van der Waals surface area contributed by atoms with Crippen molar-refractivity contribution in [2.75, 3.05) is 13.6 Å². The quantitative estimate of drug-likeness (QED) is 0.443. The van der Waals surface area contributed by atoms with Crippen molar-refractivity contribution >= 4 is 17.8 Å². The molecule has 10 heteroatoms. The Hall–Kier alpha value is -3.53. The van der Waals surface area contributed by atoms with E-state index in [9.17, 15) is 8.78 Å². The number of carbonyl (C=O) groups excluding carboxylic acids is 1. The smallest absolute Gasteiger partial charge is 0.249 e. The van der Waals surface area contributed by atoms with Crippen LogP contribution < -0.4 is 5.32 Å². The van der Waals surface area contributed by atoms with Gasteiger partial charge in [-0.1, -0.05) is 5.16 Å². The van der Waals surface area contributed by atoms with E-state index in [0.717, 1.165) is 22.3 Å². The van der Waals surface area contributed by atoms with Gasteiger partial charge in [0.15, 0.2) is 0 Å². The molecule has 0 aliphatic carbocycles. The summed E-state index contributed by atoms with van der Waals surface area (Å²) in [6, 6.07) is 7.54. The van der Waals surface area contributed by atoms with E-state index < -0.39 is 5.92 Å². The molecule has 0 saturated heterocycles. The summed E-state index contributed by atoms with van der Waals surface area (Å²) in [6.45, 7) is 4.02. The van der Waals surface area contributed by atoms with Crippen molar-refractivity contribution in [3.05, 3.63) is 54.3 Å². The molecule has 0 unspecified atom stereocenters. The maximum absolute atomic E-state index is 13.9. The average molecular weight is 442 g/mol. The van der Waals surface area contributed by atoms with Crippen LogP contribution in [-0.4, -0.2) is 51.0 Å². The zero-order chi connectivity index (χ0) is 23.1. The number of aromatic nitrogens is 5. The number of carbonyl (C=O) groups is 1. The molecular weight excluding hydrogens is 418 g/mol. The molecule has 0 radical (unpaired) electrons.